The number of para-hydroxylation sites is 4. The first kappa shape index (κ1) is 38.5. The van der Waals surface area contributed by atoms with Crippen molar-refractivity contribution in [2.75, 3.05) is 0 Å². The fourth-order valence-electron chi connectivity index (χ4n) is 10.8. The van der Waals surface area contributed by atoms with Gasteiger partial charge in [0.25, 0.3) is 0 Å². The van der Waals surface area contributed by atoms with Crippen LogP contribution in [0.15, 0.2) is 243 Å². The van der Waals surface area contributed by atoms with Gasteiger partial charge in [-0.1, -0.05) is 176 Å². The Morgan fingerprint density at radius 1 is 0.354 bits per heavy atom. The molecule has 0 N–H and O–H groups in total. The molecule has 0 radical (unpaired) electrons. The summed E-state index contributed by atoms with van der Waals surface area (Å²) >= 11 is 0. The highest BCUT2D eigenvalue weighted by Gasteiger charge is 2.42. The van der Waals surface area contributed by atoms with Crippen molar-refractivity contribution in [3.8, 4) is 17.1 Å². The lowest BCUT2D eigenvalue weighted by Crippen LogP contribution is -2.74. The molecule has 0 spiro atoms. The van der Waals surface area contributed by atoms with Crippen LogP contribution in [0.2, 0.25) is 0 Å². The molecule has 0 aliphatic heterocycles. The first-order chi connectivity index (χ1) is 32.1. The van der Waals surface area contributed by atoms with E-state index in [-0.39, 0.29) is 0 Å². The van der Waals surface area contributed by atoms with Crippen molar-refractivity contribution in [1.29, 1.82) is 0 Å². The van der Waals surface area contributed by atoms with Crippen LogP contribution in [0.5, 0.6) is 0 Å². The van der Waals surface area contributed by atoms with Crippen molar-refractivity contribution in [3.63, 3.8) is 0 Å². The van der Waals surface area contributed by atoms with E-state index in [2.05, 4.69) is 264 Å². The molecule has 4 heteroatoms. The molecule has 0 saturated carbocycles. The summed E-state index contributed by atoms with van der Waals surface area (Å²) in [6.45, 7) is 6.35. The van der Waals surface area contributed by atoms with Gasteiger partial charge in [-0.15, -0.1) is 0 Å². The molecule has 0 amide bonds. The van der Waals surface area contributed by atoms with Gasteiger partial charge < -0.3 is 13.7 Å². The van der Waals surface area contributed by atoms with Crippen LogP contribution < -0.4 is 20.7 Å². The van der Waals surface area contributed by atoms with Gasteiger partial charge in [0.15, 0.2) is 8.07 Å². The van der Waals surface area contributed by atoms with Gasteiger partial charge in [-0.25, -0.2) is 0 Å². The number of rotatable bonds is 9. The maximum Gasteiger partial charge on any atom is 0.179 e. The summed E-state index contributed by atoms with van der Waals surface area (Å²) in [5.41, 5.74) is 11.8. The largest absolute Gasteiger partial charge is 0.310 e. The summed E-state index contributed by atoms with van der Waals surface area (Å²) in [5.74, 6) is 0. The zero-order valence-electron chi connectivity index (χ0n) is 36.1. The second-order valence-corrected chi connectivity index (χ2v) is 20.8. The Balaban J connectivity index is 1.14. The van der Waals surface area contributed by atoms with Crippen molar-refractivity contribution >= 4 is 89.4 Å². The summed E-state index contributed by atoms with van der Waals surface area (Å²) in [7, 11) is -3.02. The van der Waals surface area contributed by atoms with Gasteiger partial charge in [-0.05, 0) is 106 Å². The lowest BCUT2D eigenvalue weighted by atomic mass is 10.1. The molecule has 3 nitrogen and oxygen atoms in total. The number of allylic oxidation sites excluding steroid dienone is 2. The van der Waals surface area contributed by atoms with Crippen molar-refractivity contribution < 1.29 is 0 Å². The Hall–Kier alpha value is -8.18. The first-order valence-electron chi connectivity index (χ1n) is 22.4. The van der Waals surface area contributed by atoms with Gasteiger partial charge >= 0.3 is 0 Å². The predicted octanol–water partition coefficient (Wildman–Crippen LogP) is 12.7. The van der Waals surface area contributed by atoms with E-state index in [0.29, 0.717) is 0 Å². The topological polar surface area (TPSA) is 14.8 Å². The number of nitrogens with zero attached hydrogens (tertiary/aromatic N) is 3. The van der Waals surface area contributed by atoms with Gasteiger partial charge in [0.05, 0.1) is 27.6 Å². The summed E-state index contributed by atoms with van der Waals surface area (Å²) in [4.78, 5) is 0. The number of hydrogen-bond acceptors (Lipinski definition) is 0. The van der Waals surface area contributed by atoms with Crippen LogP contribution in [0, 0.1) is 6.92 Å². The maximum atomic E-state index is 4.09. The van der Waals surface area contributed by atoms with Crippen LogP contribution in [0.25, 0.3) is 77.7 Å². The predicted molar refractivity (Wildman–Crippen MR) is 280 cm³/mol. The summed E-state index contributed by atoms with van der Waals surface area (Å²) in [5, 5.41) is 11.5. The summed E-state index contributed by atoms with van der Waals surface area (Å²) in [6.07, 6.45) is 6.16. The average molecular weight is 848 g/mol. The van der Waals surface area contributed by atoms with E-state index in [1.807, 2.05) is 6.08 Å². The molecule has 3 heterocycles. The Morgan fingerprint density at radius 2 is 0.754 bits per heavy atom. The SMILES string of the molecule is C=C/C=C\c1c(C)c2cc3c(cc2n1-c1cccc([Si](c2ccccc2)(c2ccccc2)c2cccc(-n4c5ccccc5c5ccccc54)c2)c1)c1ccccc1n3-c1ccccc1. The highest BCUT2D eigenvalue weighted by molar-refractivity contribution is 7.20. The molecule has 9 aromatic carbocycles. The molecule has 308 valence electrons. The van der Waals surface area contributed by atoms with Gasteiger partial charge in [0.1, 0.15) is 0 Å². The minimum atomic E-state index is -3.02. The third-order valence-electron chi connectivity index (χ3n) is 13.5. The smallest absolute Gasteiger partial charge is 0.179 e. The average Bonchev–Trinajstić information content (AvgIpc) is 3.98. The molecular formula is C61H45N3Si. The maximum absolute atomic E-state index is 4.09. The molecular weight excluding hydrogens is 803 g/mol. The van der Waals surface area contributed by atoms with E-state index >= 15 is 0 Å². The number of aromatic nitrogens is 3. The number of fused-ring (bicyclic) bond motifs is 7. The van der Waals surface area contributed by atoms with E-state index in [1.54, 1.807) is 0 Å². The highest BCUT2D eigenvalue weighted by atomic mass is 28.3. The summed E-state index contributed by atoms with van der Waals surface area (Å²) in [6, 6.07) is 83.3. The van der Waals surface area contributed by atoms with Gasteiger partial charge in [0.2, 0.25) is 0 Å². The van der Waals surface area contributed by atoms with E-state index in [4.69, 9.17) is 0 Å². The fourth-order valence-corrected chi connectivity index (χ4v) is 15.6. The molecule has 12 rings (SSSR count). The standard InChI is InChI=1S/C61H45N3Si/c1-3-4-35-56-43(2)54-41-61-55(53-34-16-19-38-59(53)62(61)44-22-8-5-9-23-44)42-60(54)63(56)45-24-20-30-49(39-45)65(47-26-10-6-11-27-47,48-28-12-7-13-29-48)50-31-21-25-46(40-50)64-57-36-17-14-32-51(57)52-33-15-18-37-58(52)64/h3-42H,1H2,2H3/b35-4-. The minimum absolute atomic E-state index is 1.12. The first-order valence-corrected chi connectivity index (χ1v) is 24.4. The minimum Gasteiger partial charge on any atom is -0.310 e. The molecule has 0 atom stereocenters. The molecule has 0 fully saturated rings. The zero-order chi connectivity index (χ0) is 43.5. The highest BCUT2D eigenvalue weighted by Crippen LogP contribution is 2.39. The monoisotopic (exact) mass is 847 g/mol. The second kappa shape index (κ2) is 15.6. The molecule has 0 bridgehead atoms. The van der Waals surface area contributed by atoms with Crippen LogP contribution in [0.4, 0.5) is 0 Å². The van der Waals surface area contributed by atoms with E-state index in [0.717, 1.165) is 22.8 Å². The molecule has 0 unspecified atom stereocenters. The Morgan fingerprint density at radius 3 is 1.29 bits per heavy atom. The van der Waals surface area contributed by atoms with Crippen molar-refractivity contribution in [3.05, 3.63) is 254 Å². The van der Waals surface area contributed by atoms with Crippen LogP contribution in [-0.2, 0) is 0 Å². The lowest BCUT2D eigenvalue weighted by molar-refractivity contribution is 1.10. The normalized spacial score (nSPS) is 12.1. The number of benzene rings is 9. The third-order valence-corrected chi connectivity index (χ3v) is 18.3. The fraction of sp³-hybridized carbons (Fsp3) is 0.0164. The van der Waals surface area contributed by atoms with Crippen molar-refractivity contribution in [2.45, 2.75) is 6.92 Å². The van der Waals surface area contributed by atoms with Crippen LogP contribution in [0.1, 0.15) is 11.3 Å². The molecule has 0 aliphatic rings. The molecule has 12 aromatic rings. The molecule has 65 heavy (non-hydrogen) atoms. The number of hydrogen-bond donors (Lipinski definition) is 0. The zero-order valence-corrected chi connectivity index (χ0v) is 37.1. The molecule has 0 saturated heterocycles. The lowest BCUT2D eigenvalue weighted by Gasteiger charge is -2.35. The summed E-state index contributed by atoms with van der Waals surface area (Å²) < 4.78 is 7.34. The third kappa shape index (κ3) is 5.95. The number of aryl methyl sites for hydroxylation is 1. The quantitative estimate of drug-likeness (QED) is 0.0781. The Bertz CT molecular complexity index is 3700. The van der Waals surface area contributed by atoms with Crippen LogP contribution in [0.3, 0.4) is 0 Å². The van der Waals surface area contributed by atoms with Crippen LogP contribution in [-0.4, -0.2) is 21.8 Å². The second-order valence-electron chi connectivity index (χ2n) is 17.0. The van der Waals surface area contributed by atoms with Crippen molar-refractivity contribution in [2.24, 2.45) is 0 Å². The van der Waals surface area contributed by atoms with Gasteiger partial charge in [-0.3, -0.25) is 0 Å². The van der Waals surface area contributed by atoms with E-state index < -0.39 is 8.07 Å². The van der Waals surface area contributed by atoms with E-state index in [9.17, 15) is 0 Å². The Labute approximate surface area is 379 Å². The van der Waals surface area contributed by atoms with Crippen molar-refractivity contribution in [1.82, 2.24) is 13.7 Å². The van der Waals surface area contributed by atoms with E-state index in [1.165, 1.54) is 80.8 Å². The molecule has 0 aliphatic carbocycles. The Kier molecular flexibility index (Phi) is 9.21. The molecule has 3 aromatic heterocycles. The van der Waals surface area contributed by atoms with Gasteiger partial charge in [0, 0.05) is 49.7 Å². The van der Waals surface area contributed by atoms with Gasteiger partial charge in [-0.2, -0.15) is 0 Å². The van der Waals surface area contributed by atoms with Crippen LogP contribution >= 0.6 is 0 Å².